The van der Waals surface area contributed by atoms with Crippen LogP contribution in [0.3, 0.4) is 0 Å². The molecular formula is C20H23F3N4O3. The monoisotopic (exact) mass is 424 g/mol. The fourth-order valence-electron chi connectivity index (χ4n) is 2.32. The molecule has 2 aromatic rings. The molecular weight excluding hydrogens is 401 g/mol. The molecule has 1 heterocycles. The quantitative estimate of drug-likeness (QED) is 0.605. The van der Waals surface area contributed by atoms with E-state index in [0.717, 1.165) is 12.3 Å². The van der Waals surface area contributed by atoms with Gasteiger partial charge in [0.25, 0.3) is 11.8 Å². The van der Waals surface area contributed by atoms with E-state index in [0.29, 0.717) is 36.6 Å². The van der Waals surface area contributed by atoms with E-state index in [2.05, 4.69) is 15.6 Å². The Morgan fingerprint density at radius 3 is 2.47 bits per heavy atom. The van der Waals surface area contributed by atoms with Gasteiger partial charge in [0.2, 0.25) is 0 Å². The predicted molar refractivity (Wildman–Crippen MR) is 105 cm³/mol. The third-order valence-electron chi connectivity index (χ3n) is 4.02. The molecule has 0 aliphatic rings. The van der Waals surface area contributed by atoms with Crippen LogP contribution in [-0.4, -0.2) is 55.5 Å². The molecule has 2 rings (SSSR count). The number of alkyl halides is 3. The Kier molecular flexibility index (Phi) is 8.02. The molecule has 2 amide bonds. The van der Waals surface area contributed by atoms with E-state index < -0.39 is 11.7 Å². The number of hydrogen-bond donors (Lipinski definition) is 2. The van der Waals surface area contributed by atoms with E-state index >= 15 is 0 Å². The second-order valence-electron chi connectivity index (χ2n) is 6.54. The van der Waals surface area contributed by atoms with Crippen LogP contribution in [0.25, 0.3) is 0 Å². The Balaban J connectivity index is 1.78. The van der Waals surface area contributed by atoms with Crippen molar-refractivity contribution in [3.8, 4) is 5.75 Å². The van der Waals surface area contributed by atoms with Crippen LogP contribution in [0, 0.1) is 0 Å². The van der Waals surface area contributed by atoms with Crippen LogP contribution in [-0.2, 0) is 11.0 Å². The van der Waals surface area contributed by atoms with Crippen LogP contribution in [0.1, 0.15) is 22.3 Å². The Labute approximate surface area is 172 Å². The maximum absolute atomic E-state index is 12.5. The number of likely N-dealkylation sites (N-methyl/N-ethyl adjacent to an activating group) is 1. The lowest BCUT2D eigenvalue weighted by Crippen LogP contribution is -2.29. The van der Waals surface area contributed by atoms with E-state index in [-0.39, 0.29) is 18.4 Å². The lowest BCUT2D eigenvalue weighted by molar-refractivity contribution is -0.137. The number of nitrogens with zero attached hydrogens (tertiary/aromatic N) is 2. The van der Waals surface area contributed by atoms with Gasteiger partial charge in [-0.15, -0.1) is 0 Å². The fourth-order valence-corrected chi connectivity index (χ4v) is 2.32. The van der Waals surface area contributed by atoms with Gasteiger partial charge in [-0.1, -0.05) is 12.1 Å². The molecule has 0 spiro atoms. The van der Waals surface area contributed by atoms with Crippen molar-refractivity contribution in [3.05, 3.63) is 53.7 Å². The van der Waals surface area contributed by atoms with Crippen LogP contribution in [0.4, 0.5) is 19.0 Å². The Morgan fingerprint density at radius 1 is 1.10 bits per heavy atom. The number of nitrogens with one attached hydrogen (secondary N) is 2. The lowest BCUT2D eigenvalue weighted by atomic mass is 10.2. The van der Waals surface area contributed by atoms with Crippen molar-refractivity contribution in [2.75, 3.05) is 39.1 Å². The summed E-state index contributed by atoms with van der Waals surface area (Å²) in [5.41, 5.74) is -0.505. The van der Waals surface area contributed by atoms with Crippen molar-refractivity contribution in [2.45, 2.75) is 12.6 Å². The highest BCUT2D eigenvalue weighted by atomic mass is 19.4. The zero-order valence-corrected chi connectivity index (χ0v) is 16.6. The normalized spacial score (nSPS) is 11.0. The second-order valence-corrected chi connectivity index (χ2v) is 6.54. The Morgan fingerprint density at radius 2 is 1.83 bits per heavy atom. The number of halogens is 3. The van der Waals surface area contributed by atoms with Crippen molar-refractivity contribution in [1.29, 1.82) is 0 Å². The molecule has 0 saturated carbocycles. The standard InChI is InChI=1S/C20H23F3N4O3/c1-27(2)18(28)13-30-16-7-4-3-6-15(16)19(29)25-11-5-10-24-17-9-8-14(12-26-17)20(21,22)23/h3-4,6-9,12H,5,10-11,13H2,1-2H3,(H,24,26)(H,25,29). The van der Waals surface area contributed by atoms with E-state index in [9.17, 15) is 22.8 Å². The molecule has 1 aromatic heterocycles. The van der Waals surface area contributed by atoms with Crippen molar-refractivity contribution in [2.24, 2.45) is 0 Å². The average Bonchev–Trinajstić information content (AvgIpc) is 2.71. The maximum Gasteiger partial charge on any atom is 0.417 e. The van der Waals surface area contributed by atoms with Crippen LogP contribution in [0.2, 0.25) is 0 Å². The van der Waals surface area contributed by atoms with Crippen LogP contribution in [0.5, 0.6) is 5.75 Å². The van der Waals surface area contributed by atoms with Gasteiger partial charge >= 0.3 is 6.18 Å². The topological polar surface area (TPSA) is 83.6 Å². The molecule has 0 saturated heterocycles. The number of carbonyl (C=O) groups is 2. The number of hydrogen-bond acceptors (Lipinski definition) is 5. The molecule has 7 nitrogen and oxygen atoms in total. The molecule has 2 N–H and O–H groups in total. The van der Waals surface area contributed by atoms with Crippen LogP contribution in [0.15, 0.2) is 42.6 Å². The van der Waals surface area contributed by atoms with Crippen LogP contribution < -0.4 is 15.4 Å². The smallest absolute Gasteiger partial charge is 0.417 e. The van der Waals surface area contributed by atoms with Crippen LogP contribution >= 0.6 is 0 Å². The molecule has 0 unspecified atom stereocenters. The number of pyridine rings is 1. The highest BCUT2D eigenvalue weighted by Gasteiger charge is 2.30. The average molecular weight is 424 g/mol. The molecule has 0 fully saturated rings. The molecule has 0 aliphatic carbocycles. The minimum absolute atomic E-state index is 0.179. The Bertz CT molecular complexity index is 855. The third-order valence-corrected chi connectivity index (χ3v) is 4.02. The van der Waals surface area contributed by atoms with Gasteiger partial charge in [-0.2, -0.15) is 13.2 Å². The largest absolute Gasteiger partial charge is 0.483 e. The summed E-state index contributed by atoms with van der Waals surface area (Å²) in [4.78, 5) is 29.1. The number of ether oxygens (including phenoxy) is 1. The number of para-hydroxylation sites is 1. The summed E-state index contributed by atoms with van der Waals surface area (Å²) < 4.78 is 43.0. The molecule has 162 valence electrons. The summed E-state index contributed by atoms with van der Waals surface area (Å²) in [5.74, 6) is 0.0413. The van der Waals surface area contributed by atoms with Crippen molar-refractivity contribution < 1.29 is 27.5 Å². The summed E-state index contributed by atoms with van der Waals surface area (Å²) in [7, 11) is 3.22. The number of carbonyl (C=O) groups excluding carboxylic acids is 2. The molecule has 1 aromatic carbocycles. The predicted octanol–water partition coefficient (Wildman–Crippen LogP) is 2.80. The first-order valence-corrected chi connectivity index (χ1v) is 9.16. The minimum atomic E-state index is -4.42. The van der Waals surface area contributed by atoms with Gasteiger partial charge in [0.05, 0.1) is 11.1 Å². The summed E-state index contributed by atoms with van der Waals surface area (Å²) in [6, 6.07) is 8.80. The summed E-state index contributed by atoms with van der Waals surface area (Å²) in [6.07, 6.45) is -3.13. The summed E-state index contributed by atoms with van der Waals surface area (Å²) in [6.45, 7) is 0.562. The minimum Gasteiger partial charge on any atom is -0.483 e. The summed E-state index contributed by atoms with van der Waals surface area (Å²) in [5, 5.41) is 5.64. The maximum atomic E-state index is 12.5. The van der Waals surface area contributed by atoms with Gasteiger partial charge in [-0.3, -0.25) is 9.59 Å². The zero-order valence-electron chi connectivity index (χ0n) is 16.6. The number of amides is 2. The van der Waals surface area contributed by atoms with Gasteiger partial charge in [0, 0.05) is 33.4 Å². The van der Waals surface area contributed by atoms with E-state index in [1.54, 1.807) is 38.4 Å². The highest BCUT2D eigenvalue weighted by Crippen LogP contribution is 2.28. The number of aromatic nitrogens is 1. The van der Waals surface area contributed by atoms with Crippen molar-refractivity contribution in [3.63, 3.8) is 0 Å². The molecule has 0 atom stereocenters. The first-order chi connectivity index (χ1) is 14.2. The first kappa shape index (κ1) is 23.0. The first-order valence-electron chi connectivity index (χ1n) is 9.16. The van der Waals surface area contributed by atoms with Gasteiger partial charge in [-0.05, 0) is 30.7 Å². The lowest BCUT2D eigenvalue weighted by Gasteiger charge is -2.14. The molecule has 0 bridgehead atoms. The number of anilines is 1. The number of benzene rings is 1. The SMILES string of the molecule is CN(C)C(=O)COc1ccccc1C(=O)NCCCNc1ccc(C(F)(F)F)cn1. The Hall–Kier alpha value is -3.30. The molecule has 0 aliphatic heterocycles. The third kappa shape index (κ3) is 6.94. The summed E-state index contributed by atoms with van der Waals surface area (Å²) >= 11 is 0. The van der Waals surface area contributed by atoms with Gasteiger partial charge in [0.1, 0.15) is 11.6 Å². The van der Waals surface area contributed by atoms with E-state index in [4.69, 9.17) is 4.74 Å². The zero-order chi connectivity index (χ0) is 22.1. The molecule has 30 heavy (non-hydrogen) atoms. The van der Waals surface area contributed by atoms with Gasteiger partial charge in [0.15, 0.2) is 6.61 Å². The van der Waals surface area contributed by atoms with E-state index in [1.807, 2.05) is 0 Å². The fraction of sp³-hybridized carbons (Fsp3) is 0.350. The highest BCUT2D eigenvalue weighted by molar-refractivity contribution is 5.97. The molecule has 10 heteroatoms. The second kappa shape index (κ2) is 10.5. The number of rotatable bonds is 9. The molecule has 0 radical (unpaired) electrons. The van der Waals surface area contributed by atoms with E-state index in [1.165, 1.54) is 11.0 Å². The van der Waals surface area contributed by atoms with Gasteiger partial charge < -0.3 is 20.3 Å². The van der Waals surface area contributed by atoms with Crippen molar-refractivity contribution in [1.82, 2.24) is 15.2 Å². The van der Waals surface area contributed by atoms with Gasteiger partial charge in [-0.25, -0.2) is 4.98 Å². The van der Waals surface area contributed by atoms with Crippen molar-refractivity contribution >= 4 is 17.6 Å².